The molecule has 2 heterocycles. The van der Waals surface area contributed by atoms with Gasteiger partial charge in [-0.2, -0.15) is 0 Å². The van der Waals surface area contributed by atoms with E-state index in [0.717, 1.165) is 11.4 Å². The summed E-state index contributed by atoms with van der Waals surface area (Å²) in [4.78, 5) is 17.5. The Morgan fingerprint density at radius 3 is 2.39 bits per heavy atom. The summed E-state index contributed by atoms with van der Waals surface area (Å²) in [5.41, 5.74) is 2.69. The van der Waals surface area contributed by atoms with Gasteiger partial charge >= 0.3 is 0 Å². The van der Waals surface area contributed by atoms with Crippen LogP contribution < -0.4 is 9.47 Å². The summed E-state index contributed by atoms with van der Waals surface area (Å²) in [7, 11) is 3.21. The van der Waals surface area contributed by atoms with Crippen molar-refractivity contribution in [2.24, 2.45) is 0 Å². The summed E-state index contributed by atoms with van der Waals surface area (Å²) in [6.07, 6.45) is 2.50. The predicted molar refractivity (Wildman–Crippen MR) is 87.5 cm³/mol. The van der Waals surface area contributed by atoms with Gasteiger partial charge in [-0.05, 0) is 36.8 Å². The Labute approximate surface area is 134 Å². The number of carbonyl (C=O) groups excluding carboxylic acids is 1. The number of pyridine rings is 1. The molecule has 1 aromatic carbocycles. The number of ketones is 1. The Morgan fingerprint density at radius 1 is 1.09 bits per heavy atom. The fourth-order valence-electron chi connectivity index (χ4n) is 2.57. The van der Waals surface area contributed by atoms with E-state index in [2.05, 4.69) is 4.98 Å². The van der Waals surface area contributed by atoms with Crippen LogP contribution in [0.2, 0.25) is 0 Å². The van der Waals surface area contributed by atoms with E-state index >= 15 is 0 Å². The molecule has 0 aliphatic carbocycles. The average molecular weight is 310 g/mol. The maximum atomic E-state index is 12.9. The highest BCUT2D eigenvalue weighted by Gasteiger charge is 2.20. The Kier molecular flexibility index (Phi) is 4.02. The van der Waals surface area contributed by atoms with Gasteiger partial charge in [-0.1, -0.05) is 6.92 Å². The summed E-state index contributed by atoms with van der Waals surface area (Å²) < 4.78 is 12.2. The molecule has 3 rings (SSSR count). The van der Waals surface area contributed by atoms with Crippen molar-refractivity contribution >= 4 is 11.4 Å². The number of rotatable bonds is 5. The van der Waals surface area contributed by atoms with Crippen molar-refractivity contribution in [3.8, 4) is 11.5 Å². The molecule has 0 spiro atoms. The zero-order valence-corrected chi connectivity index (χ0v) is 13.4. The van der Waals surface area contributed by atoms with Gasteiger partial charge in [-0.3, -0.25) is 9.20 Å². The van der Waals surface area contributed by atoms with Crippen LogP contribution in [0.5, 0.6) is 11.5 Å². The second-order valence-corrected chi connectivity index (χ2v) is 5.11. The highest BCUT2D eigenvalue weighted by molar-refractivity contribution is 6.09. The van der Waals surface area contributed by atoms with Crippen molar-refractivity contribution in [3.05, 3.63) is 59.5 Å². The number of fused-ring (bicyclic) bond motifs is 1. The fraction of sp³-hybridized carbons (Fsp3) is 0.222. The molecule has 0 unspecified atom stereocenters. The van der Waals surface area contributed by atoms with Gasteiger partial charge in [0.05, 0.1) is 19.9 Å². The molecule has 118 valence electrons. The molecule has 0 N–H and O–H groups in total. The van der Waals surface area contributed by atoms with Crippen LogP contribution in [0.1, 0.15) is 28.7 Å². The van der Waals surface area contributed by atoms with E-state index in [1.165, 1.54) is 0 Å². The minimum atomic E-state index is -0.0535. The molecule has 5 heteroatoms. The Hall–Kier alpha value is -2.82. The largest absolute Gasteiger partial charge is 0.497 e. The second-order valence-electron chi connectivity index (χ2n) is 5.11. The number of carbonyl (C=O) groups is 1. The molecule has 0 bridgehead atoms. The summed E-state index contributed by atoms with van der Waals surface area (Å²) in [5.74, 6) is 1.39. The van der Waals surface area contributed by atoms with Gasteiger partial charge in [0, 0.05) is 17.8 Å². The topological polar surface area (TPSA) is 52.8 Å². The van der Waals surface area contributed by atoms with E-state index in [-0.39, 0.29) is 5.78 Å². The predicted octanol–water partition coefficient (Wildman–Crippen LogP) is 3.14. The van der Waals surface area contributed by atoms with Crippen molar-refractivity contribution in [2.45, 2.75) is 13.3 Å². The maximum Gasteiger partial charge on any atom is 0.211 e. The number of imidazole rings is 1. The quantitative estimate of drug-likeness (QED) is 0.679. The minimum absolute atomic E-state index is 0.0535. The van der Waals surface area contributed by atoms with Crippen LogP contribution in [0.15, 0.2) is 42.6 Å². The lowest BCUT2D eigenvalue weighted by Gasteiger charge is -2.06. The monoisotopic (exact) mass is 310 g/mol. The normalized spacial score (nSPS) is 10.7. The van der Waals surface area contributed by atoms with Crippen LogP contribution in [0.25, 0.3) is 5.65 Å². The molecule has 0 atom stereocenters. The molecule has 5 nitrogen and oxygen atoms in total. The number of benzene rings is 1. The van der Waals surface area contributed by atoms with Gasteiger partial charge in [0.2, 0.25) is 5.78 Å². The second kappa shape index (κ2) is 6.12. The number of nitrogens with zero attached hydrogens (tertiary/aromatic N) is 2. The third-order valence-corrected chi connectivity index (χ3v) is 3.81. The van der Waals surface area contributed by atoms with Crippen LogP contribution in [0, 0.1) is 0 Å². The SMILES string of the molecule is CCc1nc2cc(OC)ccn2c1C(=O)c1ccc(OC)cc1. The molecule has 0 radical (unpaired) electrons. The van der Waals surface area contributed by atoms with Crippen LogP contribution in [0.3, 0.4) is 0 Å². The third-order valence-electron chi connectivity index (χ3n) is 3.81. The molecular formula is C18H18N2O3. The minimum Gasteiger partial charge on any atom is -0.497 e. The number of ether oxygens (including phenoxy) is 2. The van der Waals surface area contributed by atoms with E-state index < -0.39 is 0 Å². The first-order valence-electron chi connectivity index (χ1n) is 7.41. The number of aryl methyl sites for hydroxylation is 1. The van der Waals surface area contributed by atoms with E-state index in [1.54, 1.807) is 38.5 Å². The van der Waals surface area contributed by atoms with E-state index in [9.17, 15) is 4.79 Å². The molecule has 0 fully saturated rings. The maximum absolute atomic E-state index is 12.9. The third kappa shape index (κ3) is 2.65. The Bertz CT molecular complexity index is 851. The van der Waals surface area contributed by atoms with E-state index in [1.807, 2.05) is 29.7 Å². The first kappa shape index (κ1) is 15.1. The Morgan fingerprint density at radius 2 is 1.78 bits per heavy atom. The standard InChI is InChI=1S/C18H18N2O3/c1-4-15-17(18(21)12-5-7-13(22-2)8-6-12)20-10-9-14(23-3)11-16(20)19-15/h5-11H,4H2,1-3H3. The van der Waals surface area contributed by atoms with Crippen molar-refractivity contribution in [2.75, 3.05) is 14.2 Å². The molecule has 0 aliphatic rings. The fourth-order valence-corrected chi connectivity index (χ4v) is 2.57. The van der Waals surface area contributed by atoms with Crippen molar-refractivity contribution in [3.63, 3.8) is 0 Å². The molecule has 0 saturated carbocycles. The lowest BCUT2D eigenvalue weighted by atomic mass is 10.1. The van der Waals surface area contributed by atoms with Crippen LogP contribution in [-0.4, -0.2) is 29.4 Å². The zero-order valence-electron chi connectivity index (χ0n) is 13.4. The summed E-state index contributed by atoms with van der Waals surface area (Å²) >= 11 is 0. The molecule has 23 heavy (non-hydrogen) atoms. The van der Waals surface area contributed by atoms with E-state index in [4.69, 9.17) is 9.47 Å². The molecule has 0 amide bonds. The van der Waals surface area contributed by atoms with Crippen molar-refractivity contribution in [1.82, 2.24) is 9.38 Å². The van der Waals surface area contributed by atoms with Gasteiger partial charge in [0.1, 0.15) is 22.8 Å². The van der Waals surface area contributed by atoms with Crippen molar-refractivity contribution < 1.29 is 14.3 Å². The summed E-state index contributed by atoms with van der Waals surface area (Å²) in [5, 5.41) is 0. The highest BCUT2D eigenvalue weighted by Crippen LogP contribution is 2.22. The van der Waals surface area contributed by atoms with Gasteiger partial charge in [0.15, 0.2) is 0 Å². The highest BCUT2D eigenvalue weighted by atomic mass is 16.5. The number of methoxy groups -OCH3 is 2. The lowest BCUT2D eigenvalue weighted by molar-refractivity contribution is 0.103. The van der Waals surface area contributed by atoms with Crippen LogP contribution in [0.4, 0.5) is 0 Å². The van der Waals surface area contributed by atoms with Crippen LogP contribution in [-0.2, 0) is 6.42 Å². The lowest BCUT2D eigenvalue weighted by Crippen LogP contribution is -2.08. The first-order chi connectivity index (χ1) is 11.2. The molecule has 3 aromatic rings. The smallest absolute Gasteiger partial charge is 0.211 e. The summed E-state index contributed by atoms with van der Waals surface area (Å²) in [6, 6.07) is 10.7. The van der Waals surface area contributed by atoms with Gasteiger partial charge < -0.3 is 9.47 Å². The zero-order chi connectivity index (χ0) is 16.4. The molecule has 2 aromatic heterocycles. The average Bonchev–Trinajstić information content (AvgIpc) is 2.98. The van der Waals surface area contributed by atoms with Crippen molar-refractivity contribution in [1.29, 1.82) is 0 Å². The van der Waals surface area contributed by atoms with Gasteiger partial charge in [-0.15, -0.1) is 0 Å². The number of hydrogen-bond acceptors (Lipinski definition) is 4. The molecule has 0 aliphatic heterocycles. The summed E-state index contributed by atoms with van der Waals surface area (Å²) in [6.45, 7) is 1.99. The van der Waals surface area contributed by atoms with E-state index in [0.29, 0.717) is 29.1 Å². The molecule has 0 saturated heterocycles. The first-order valence-corrected chi connectivity index (χ1v) is 7.41. The van der Waals surface area contributed by atoms with Gasteiger partial charge in [0.25, 0.3) is 0 Å². The van der Waals surface area contributed by atoms with Crippen LogP contribution >= 0.6 is 0 Å². The number of aromatic nitrogens is 2. The Balaban J connectivity index is 2.11. The van der Waals surface area contributed by atoms with Gasteiger partial charge in [-0.25, -0.2) is 4.98 Å². The number of hydrogen-bond donors (Lipinski definition) is 0. The molecular weight excluding hydrogens is 292 g/mol.